The largest absolute Gasteiger partial charge is 0.387 e. The lowest BCUT2D eigenvalue weighted by molar-refractivity contribution is 0.0887. The highest BCUT2D eigenvalue weighted by Crippen LogP contribution is 2.32. The minimum Gasteiger partial charge on any atom is -0.387 e. The van der Waals surface area contributed by atoms with Crippen LogP contribution in [-0.4, -0.2) is 11.7 Å². The second kappa shape index (κ2) is 4.91. The summed E-state index contributed by atoms with van der Waals surface area (Å²) >= 11 is 1.61. The van der Waals surface area contributed by atoms with E-state index in [-0.39, 0.29) is 5.92 Å². The van der Waals surface area contributed by atoms with Crippen molar-refractivity contribution in [3.8, 4) is 0 Å². The van der Waals surface area contributed by atoms with Crippen LogP contribution in [0.5, 0.6) is 0 Å². The maximum atomic E-state index is 10.2. The fraction of sp³-hybridized carbons (Fsp3) is 0.636. The van der Waals surface area contributed by atoms with Crippen LogP contribution < -0.4 is 5.73 Å². The summed E-state index contributed by atoms with van der Waals surface area (Å²) in [5, 5.41) is 12.2. The third-order valence-electron chi connectivity index (χ3n) is 2.70. The lowest BCUT2D eigenvalue weighted by Crippen LogP contribution is -2.26. The van der Waals surface area contributed by atoms with Gasteiger partial charge in [0.05, 0.1) is 6.10 Å². The molecule has 0 aliphatic heterocycles. The third-order valence-corrected chi connectivity index (χ3v) is 3.79. The van der Waals surface area contributed by atoms with Gasteiger partial charge in [-0.05, 0) is 36.4 Å². The van der Waals surface area contributed by atoms with Gasteiger partial charge < -0.3 is 10.8 Å². The molecular formula is C11H19NOS. The molecule has 0 radical (unpaired) electrons. The molecule has 0 saturated heterocycles. The molecule has 2 unspecified atom stereocenters. The number of aliphatic hydroxyl groups excluding tert-OH is 1. The van der Waals surface area contributed by atoms with Crippen LogP contribution in [-0.2, 0) is 0 Å². The van der Waals surface area contributed by atoms with Crippen LogP contribution in [0.25, 0.3) is 0 Å². The van der Waals surface area contributed by atoms with E-state index < -0.39 is 6.10 Å². The molecule has 0 amide bonds. The Morgan fingerprint density at radius 3 is 2.50 bits per heavy atom. The average Bonchev–Trinajstić information content (AvgIpc) is 2.51. The Kier molecular flexibility index (Phi) is 4.11. The maximum Gasteiger partial charge on any atom is 0.0927 e. The van der Waals surface area contributed by atoms with E-state index in [1.54, 1.807) is 11.3 Å². The summed E-state index contributed by atoms with van der Waals surface area (Å²) in [6, 6.07) is 2.04. The topological polar surface area (TPSA) is 46.2 Å². The zero-order valence-electron chi connectivity index (χ0n) is 9.03. The summed E-state index contributed by atoms with van der Waals surface area (Å²) in [5.41, 5.74) is 6.84. The number of hydrogen-bond acceptors (Lipinski definition) is 3. The number of thiophene rings is 1. The molecule has 0 spiro atoms. The molecule has 80 valence electrons. The SMILES string of the molecule is Cc1ccsc1C(O)C(CN)C(C)C. The Bertz CT molecular complexity index is 283. The van der Waals surface area contributed by atoms with Gasteiger partial charge in [-0.25, -0.2) is 0 Å². The van der Waals surface area contributed by atoms with Crippen molar-refractivity contribution in [3.63, 3.8) is 0 Å². The summed E-state index contributed by atoms with van der Waals surface area (Å²) in [6.45, 7) is 6.77. The first kappa shape index (κ1) is 11.7. The standard InChI is InChI=1S/C11H19NOS/c1-7(2)9(6-12)10(13)11-8(3)4-5-14-11/h4-5,7,9-10,13H,6,12H2,1-3H3. The van der Waals surface area contributed by atoms with Crippen LogP contribution in [0.15, 0.2) is 11.4 Å². The molecule has 1 aromatic rings. The lowest BCUT2D eigenvalue weighted by Gasteiger charge is -2.24. The van der Waals surface area contributed by atoms with Crippen molar-refractivity contribution in [2.24, 2.45) is 17.6 Å². The quantitative estimate of drug-likeness (QED) is 0.806. The molecule has 0 aromatic carbocycles. The van der Waals surface area contributed by atoms with Crippen molar-refractivity contribution in [1.29, 1.82) is 0 Å². The van der Waals surface area contributed by atoms with Crippen LogP contribution in [0, 0.1) is 18.8 Å². The second-order valence-electron chi connectivity index (χ2n) is 4.06. The van der Waals surface area contributed by atoms with E-state index in [0.717, 1.165) is 4.88 Å². The first-order valence-corrected chi connectivity index (χ1v) is 5.88. The maximum absolute atomic E-state index is 10.2. The first-order chi connectivity index (χ1) is 6.57. The summed E-state index contributed by atoms with van der Waals surface area (Å²) < 4.78 is 0. The van der Waals surface area contributed by atoms with Crippen LogP contribution in [0.4, 0.5) is 0 Å². The monoisotopic (exact) mass is 213 g/mol. The highest BCUT2D eigenvalue weighted by Gasteiger charge is 2.24. The number of aliphatic hydroxyl groups is 1. The van der Waals surface area contributed by atoms with E-state index in [0.29, 0.717) is 12.5 Å². The molecule has 3 heteroatoms. The average molecular weight is 213 g/mol. The molecule has 1 aromatic heterocycles. The second-order valence-corrected chi connectivity index (χ2v) is 5.00. The minimum atomic E-state index is -0.403. The number of nitrogens with two attached hydrogens (primary N) is 1. The van der Waals surface area contributed by atoms with E-state index in [1.165, 1.54) is 5.56 Å². The van der Waals surface area contributed by atoms with Crippen LogP contribution in [0.2, 0.25) is 0 Å². The summed E-state index contributed by atoms with van der Waals surface area (Å²) in [7, 11) is 0. The van der Waals surface area contributed by atoms with Gasteiger partial charge in [0.2, 0.25) is 0 Å². The molecule has 0 bridgehead atoms. The van der Waals surface area contributed by atoms with Crippen LogP contribution >= 0.6 is 11.3 Å². The highest BCUT2D eigenvalue weighted by molar-refractivity contribution is 7.10. The van der Waals surface area contributed by atoms with Gasteiger partial charge in [0.1, 0.15) is 0 Å². The lowest BCUT2D eigenvalue weighted by atomic mass is 9.89. The van der Waals surface area contributed by atoms with Crippen molar-refractivity contribution in [2.45, 2.75) is 26.9 Å². The molecular weight excluding hydrogens is 194 g/mol. The van der Waals surface area contributed by atoms with Crippen molar-refractivity contribution in [2.75, 3.05) is 6.54 Å². The Morgan fingerprint density at radius 1 is 1.50 bits per heavy atom. The van der Waals surface area contributed by atoms with Crippen molar-refractivity contribution >= 4 is 11.3 Å². The predicted molar refractivity (Wildman–Crippen MR) is 61.4 cm³/mol. The van der Waals surface area contributed by atoms with E-state index >= 15 is 0 Å². The molecule has 0 saturated carbocycles. The Hall–Kier alpha value is -0.380. The van der Waals surface area contributed by atoms with E-state index in [9.17, 15) is 5.11 Å². The van der Waals surface area contributed by atoms with Gasteiger partial charge >= 0.3 is 0 Å². The van der Waals surface area contributed by atoms with Gasteiger partial charge in [0.15, 0.2) is 0 Å². The van der Waals surface area contributed by atoms with E-state index in [1.807, 2.05) is 18.4 Å². The Balaban J connectivity index is 2.83. The Morgan fingerprint density at radius 2 is 2.14 bits per heavy atom. The minimum absolute atomic E-state index is 0.160. The number of aryl methyl sites for hydroxylation is 1. The zero-order valence-corrected chi connectivity index (χ0v) is 9.84. The first-order valence-electron chi connectivity index (χ1n) is 5.00. The number of hydrogen-bond donors (Lipinski definition) is 2. The summed E-state index contributed by atoms with van der Waals surface area (Å²) in [4.78, 5) is 1.06. The van der Waals surface area contributed by atoms with Gasteiger partial charge in [-0.15, -0.1) is 11.3 Å². The molecule has 1 heterocycles. The van der Waals surface area contributed by atoms with Gasteiger partial charge in [-0.3, -0.25) is 0 Å². The summed E-state index contributed by atoms with van der Waals surface area (Å²) in [6.07, 6.45) is -0.403. The van der Waals surface area contributed by atoms with Crippen LogP contribution in [0.3, 0.4) is 0 Å². The predicted octanol–water partition coefficient (Wildman–Crippen LogP) is 2.32. The Labute approximate surface area is 89.8 Å². The van der Waals surface area contributed by atoms with Crippen LogP contribution in [0.1, 0.15) is 30.4 Å². The van der Waals surface area contributed by atoms with Gasteiger partial charge in [-0.2, -0.15) is 0 Å². The highest BCUT2D eigenvalue weighted by atomic mass is 32.1. The fourth-order valence-electron chi connectivity index (χ4n) is 1.65. The molecule has 3 N–H and O–H groups in total. The van der Waals surface area contributed by atoms with E-state index in [4.69, 9.17) is 5.73 Å². The molecule has 1 rings (SSSR count). The smallest absolute Gasteiger partial charge is 0.0927 e. The van der Waals surface area contributed by atoms with E-state index in [2.05, 4.69) is 13.8 Å². The molecule has 2 nitrogen and oxygen atoms in total. The fourth-order valence-corrected chi connectivity index (χ4v) is 2.63. The summed E-state index contributed by atoms with van der Waals surface area (Å²) in [5.74, 6) is 0.573. The van der Waals surface area contributed by atoms with Crippen molar-refractivity contribution < 1.29 is 5.11 Å². The molecule has 0 aliphatic carbocycles. The van der Waals surface area contributed by atoms with Gasteiger partial charge in [-0.1, -0.05) is 13.8 Å². The molecule has 2 atom stereocenters. The number of rotatable bonds is 4. The third kappa shape index (κ3) is 2.35. The molecule has 0 fully saturated rings. The normalized spacial score (nSPS) is 15.9. The zero-order chi connectivity index (χ0) is 10.7. The molecule has 0 aliphatic rings. The van der Waals surface area contributed by atoms with Crippen molar-refractivity contribution in [1.82, 2.24) is 0 Å². The molecule has 14 heavy (non-hydrogen) atoms. The van der Waals surface area contributed by atoms with Gasteiger partial charge in [0.25, 0.3) is 0 Å². The van der Waals surface area contributed by atoms with Gasteiger partial charge in [0, 0.05) is 10.8 Å². The van der Waals surface area contributed by atoms with Crippen molar-refractivity contribution in [3.05, 3.63) is 21.9 Å².